The number of anilines is 2. The van der Waals surface area contributed by atoms with Gasteiger partial charge in [-0.25, -0.2) is 15.0 Å². The number of hydrogen-bond acceptors (Lipinski definition) is 11. The molecule has 1 atom stereocenters. The lowest BCUT2D eigenvalue weighted by atomic mass is 10.0. The van der Waals surface area contributed by atoms with E-state index in [0.717, 1.165) is 40.5 Å². The van der Waals surface area contributed by atoms with E-state index in [2.05, 4.69) is 42.5 Å². The minimum atomic E-state index is -1.08. The van der Waals surface area contributed by atoms with Gasteiger partial charge in [-0.2, -0.15) is 0 Å². The van der Waals surface area contributed by atoms with E-state index in [-0.39, 0.29) is 18.4 Å². The second-order valence-electron chi connectivity index (χ2n) is 12.3. The van der Waals surface area contributed by atoms with Crippen molar-refractivity contribution in [3.05, 3.63) is 96.1 Å². The van der Waals surface area contributed by atoms with E-state index in [1.54, 1.807) is 50.8 Å². The number of likely N-dealkylation sites (tertiary alicyclic amines) is 1. The molecule has 0 saturated carbocycles. The summed E-state index contributed by atoms with van der Waals surface area (Å²) in [7, 11) is 1.54. The summed E-state index contributed by atoms with van der Waals surface area (Å²) in [5.41, 5.74) is 5.19. The molecule has 1 aromatic heterocycles. The molecule has 1 unspecified atom stereocenters. The molecule has 2 amide bonds. The van der Waals surface area contributed by atoms with Gasteiger partial charge in [0.1, 0.15) is 5.70 Å². The van der Waals surface area contributed by atoms with Gasteiger partial charge in [0.15, 0.2) is 11.4 Å². The van der Waals surface area contributed by atoms with E-state index < -0.39 is 5.60 Å². The molecule has 0 radical (unpaired) electrons. The van der Waals surface area contributed by atoms with E-state index in [1.165, 1.54) is 0 Å². The fourth-order valence-electron chi connectivity index (χ4n) is 6.47. The van der Waals surface area contributed by atoms with Crippen LogP contribution >= 0.6 is 0 Å². The average Bonchev–Trinajstić information content (AvgIpc) is 3.75. The Morgan fingerprint density at radius 3 is 2.50 bits per heavy atom. The number of fused-ring (bicyclic) bond motifs is 1. The molecule has 4 aliphatic heterocycles. The summed E-state index contributed by atoms with van der Waals surface area (Å²) in [4.78, 5) is 41.8. The highest BCUT2D eigenvalue weighted by Gasteiger charge is 2.45. The number of carbonyl (C=O) groups is 2. The number of azo groups is 1. The summed E-state index contributed by atoms with van der Waals surface area (Å²) in [5.74, 6) is 0.486. The van der Waals surface area contributed by atoms with E-state index >= 15 is 0 Å². The van der Waals surface area contributed by atoms with Gasteiger partial charge in [0.25, 0.3) is 5.91 Å². The van der Waals surface area contributed by atoms with Crippen molar-refractivity contribution >= 4 is 34.6 Å². The third-order valence-corrected chi connectivity index (χ3v) is 9.32. The van der Waals surface area contributed by atoms with Gasteiger partial charge >= 0.3 is 0 Å². The van der Waals surface area contributed by atoms with Gasteiger partial charge in [-0.1, -0.05) is 0 Å². The molecular weight excluding hydrogens is 610 g/mol. The zero-order valence-corrected chi connectivity index (χ0v) is 26.9. The first-order valence-electron chi connectivity index (χ1n) is 16.0. The van der Waals surface area contributed by atoms with Gasteiger partial charge in [-0.3, -0.25) is 19.7 Å². The molecule has 4 aliphatic rings. The quantitative estimate of drug-likeness (QED) is 0.381. The Morgan fingerprint density at radius 2 is 1.77 bits per heavy atom. The molecular formula is C35H37N9O4. The van der Waals surface area contributed by atoms with Crippen molar-refractivity contribution in [2.45, 2.75) is 18.9 Å². The minimum Gasteiger partial charge on any atom is -0.368 e. The lowest BCUT2D eigenvalue weighted by molar-refractivity contribution is -0.138. The van der Waals surface area contributed by atoms with Crippen molar-refractivity contribution in [1.82, 2.24) is 24.8 Å². The molecule has 5 heterocycles. The number of hydroxylamine groups is 2. The van der Waals surface area contributed by atoms with E-state index in [9.17, 15) is 14.8 Å². The number of benzene rings is 2. The van der Waals surface area contributed by atoms with Crippen molar-refractivity contribution in [2.75, 3.05) is 63.1 Å². The number of carbonyl (C=O) groups excluding carboxylic acids is 2. The second kappa shape index (κ2) is 13.1. The molecule has 2 aromatic carbocycles. The lowest BCUT2D eigenvalue weighted by Gasteiger charge is -2.37. The lowest BCUT2D eigenvalue weighted by Crippen LogP contribution is -2.52. The van der Waals surface area contributed by atoms with Crippen molar-refractivity contribution < 1.29 is 19.5 Å². The summed E-state index contributed by atoms with van der Waals surface area (Å²) in [6, 6.07) is 15.5. The maximum atomic E-state index is 13.7. The van der Waals surface area contributed by atoms with Crippen LogP contribution < -0.4 is 10.2 Å². The maximum Gasteiger partial charge on any atom is 0.258 e. The number of ether oxygens (including phenoxy) is 1. The van der Waals surface area contributed by atoms with E-state index in [0.29, 0.717) is 61.2 Å². The maximum absolute atomic E-state index is 13.7. The first-order valence-corrected chi connectivity index (χ1v) is 16.0. The number of nitrogens with one attached hydrogen (secondary N) is 1. The number of aromatic nitrogens is 2. The summed E-state index contributed by atoms with van der Waals surface area (Å²) in [5, 5.41) is 22.6. The molecule has 13 nitrogen and oxygen atoms in total. The fourth-order valence-corrected chi connectivity index (χ4v) is 6.47. The van der Waals surface area contributed by atoms with Crippen LogP contribution in [-0.2, 0) is 14.3 Å². The summed E-state index contributed by atoms with van der Waals surface area (Å²) in [6.45, 7) is 5.65. The van der Waals surface area contributed by atoms with Crippen LogP contribution in [-0.4, -0.2) is 100 Å². The third-order valence-electron chi connectivity index (χ3n) is 9.32. The van der Waals surface area contributed by atoms with Gasteiger partial charge in [0.2, 0.25) is 5.91 Å². The molecule has 2 fully saturated rings. The zero-order valence-electron chi connectivity index (χ0n) is 26.9. The van der Waals surface area contributed by atoms with Gasteiger partial charge in [-0.15, -0.1) is 10.2 Å². The van der Waals surface area contributed by atoms with Gasteiger partial charge < -0.3 is 19.9 Å². The Bertz CT molecular complexity index is 1830. The smallest absolute Gasteiger partial charge is 0.258 e. The van der Waals surface area contributed by atoms with Crippen LogP contribution in [0.1, 0.15) is 18.9 Å². The molecule has 48 heavy (non-hydrogen) atoms. The molecule has 2 saturated heterocycles. The minimum absolute atomic E-state index is 0.0515. The van der Waals surface area contributed by atoms with Gasteiger partial charge in [0, 0.05) is 98.7 Å². The normalized spacial score (nSPS) is 22.2. The van der Waals surface area contributed by atoms with Crippen molar-refractivity contribution in [3.8, 4) is 11.4 Å². The van der Waals surface area contributed by atoms with Crippen LogP contribution in [0.4, 0.5) is 17.1 Å². The standard InChI is InChI=1S/C35H37N9O4/c1-24-20-26(10-14-44(24)47)32-29-21-27(6-9-30(29)39-40-32)38-34(46)35(48-2)11-15-41(23-35)22-31(45)43-18-16-42(17-19-43)28-7-4-25(5-8-28)33-36-12-3-13-37-33/h3-10,12-14,20-21,47H,11,15-19,22-23H2,1-2H3,(H,38,46). The van der Waals surface area contributed by atoms with Crippen molar-refractivity contribution in [2.24, 2.45) is 10.2 Å². The molecule has 2 N–H and O–H groups in total. The predicted molar refractivity (Wildman–Crippen MR) is 180 cm³/mol. The Hall–Kier alpha value is -5.24. The summed E-state index contributed by atoms with van der Waals surface area (Å²) < 4.78 is 5.84. The molecule has 7 rings (SSSR count). The second-order valence-corrected chi connectivity index (χ2v) is 12.3. The van der Waals surface area contributed by atoms with Gasteiger partial charge in [0.05, 0.1) is 12.2 Å². The predicted octanol–water partition coefficient (Wildman–Crippen LogP) is 4.45. The first kappa shape index (κ1) is 31.4. The van der Waals surface area contributed by atoms with Crippen molar-refractivity contribution in [1.29, 1.82) is 0 Å². The SMILES string of the molecule is COC1(C(=O)Nc2ccc3c(c2)C(=C2C=CN(O)C(C)=C2)N=N3)CCN(CC(=O)N2CCN(c3ccc(-c4ncccn4)cc3)CC2)C1. The van der Waals surface area contributed by atoms with Crippen LogP contribution in [0.2, 0.25) is 0 Å². The largest absolute Gasteiger partial charge is 0.368 e. The van der Waals surface area contributed by atoms with E-state index in [1.807, 2.05) is 40.1 Å². The highest BCUT2D eigenvalue weighted by atomic mass is 16.5. The van der Waals surface area contributed by atoms with Crippen LogP contribution in [0, 0.1) is 0 Å². The molecule has 0 bridgehead atoms. The van der Waals surface area contributed by atoms with Crippen LogP contribution in [0.15, 0.2) is 101 Å². The number of nitrogens with zero attached hydrogens (tertiary/aromatic N) is 8. The number of rotatable bonds is 7. The monoisotopic (exact) mass is 647 g/mol. The number of methoxy groups -OCH3 is 1. The topological polar surface area (TPSA) is 139 Å². The highest BCUT2D eigenvalue weighted by molar-refractivity contribution is 5.99. The molecule has 0 spiro atoms. The highest BCUT2D eigenvalue weighted by Crippen LogP contribution is 2.40. The van der Waals surface area contributed by atoms with Crippen LogP contribution in [0.3, 0.4) is 0 Å². The third kappa shape index (κ3) is 6.22. The Kier molecular flexibility index (Phi) is 8.56. The Morgan fingerprint density at radius 1 is 1.00 bits per heavy atom. The van der Waals surface area contributed by atoms with Crippen LogP contribution in [0.25, 0.3) is 17.1 Å². The molecule has 246 valence electrons. The first-order chi connectivity index (χ1) is 23.3. The van der Waals surface area contributed by atoms with E-state index in [4.69, 9.17) is 4.74 Å². The summed E-state index contributed by atoms with van der Waals surface area (Å²) in [6.07, 6.45) is 9.07. The van der Waals surface area contributed by atoms with Crippen molar-refractivity contribution in [3.63, 3.8) is 0 Å². The molecule has 13 heteroatoms. The Labute approximate surface area is 278 Å². The van der Waals surface area contributed by atoms with Crippen LogP contribution in [0.5, 0.6) is 0 Å². The average molecular weight is 648 g/mol. The number of allylic oxidation sites excluding steroid dienone is 4. The number of hydrogen-bond donors (Lipinski definition) is 2. The zero-order chi connectivity index (χ0) is 33.3. The molecule has 3 aromatic rings. The summed E-state index contributed by atoms with van der Waals surface area (Å²) >= 11 is 0. The van der Waals surface area contributed by atoms with Gasteiger partial charge in [-0.05, 0) is 74.0 Å². The number of amides is 2. The number of piperazine rings is 1. The molecule has 0 aliphatic carbocycles. The fraction of sp³-hybridized carbons (Fsp3) is 0.314. The Balaban J connectivity index is 0.937.